The second-order valence-electron chi connectivity index (χ2n) is 5.78. The van der Waals surface area contributed by atoms with Gasteiger partial charge in [-0.2, -0.15) is 0 Å². The highest BCUT2D eigenvalue weighted by molar-refractivity contribution is 7.88. The standard InChI is InChI=1S/C14H18FNO2S/c15-13-5-2-10(3-6-13)9-19(17,18)16-14-8-11-1-4-12(14)7-11/h2-3,5-6,11-12,14,16H,1,4,7-9H2/t11-,12-,14-/m1/s1. The number of hydrogen-bond donors (Lipinski definition) is 1. The van der Waals surface area contributed by atoms with E-state index in [1.165, 1.54) is 37.1 Å². The Bertz CT molecular complexity index is 555. The van der Waals surface area contributed by atoms with Crippen LogP contribution in [0.3, 0.4) is 0 Å². The molecule has 2 aliphatic carbocycles. The van der Waals surface area contributed by atoms with Gasteiger partial charge in [-0.3, -0.25) is 0 Å². The number of halogens is 1. The molecule has 2 bridgehead atoms. The second kappa shape index (κ2) is 4.87. The van der Waals surface area contributed by atoms with Crippen LogP contribution in [0.5, 0.6) is 0 Å². The van der Waals surface area contributed by atoms with Crippen LogP contribution in [-0.2, 0) is 15.8 Å². The number of fused-ring (bicyclic) bond motifs is 2. The summed E-state index contributed by atoms with van der Waals surface area (Å²) < 4.78 is 39.8. The minimum absolute atomic E-state index is 0.0683. The zero-order valence-electron chi connectivity index (χ0n) is 10.7. The molecule has 1 aromatic rings. The van der Waals surface area contributed by atoms with Gasteiger partial charge in [-0.25, -0.2) is 17.5 Å². The van der Waals surface area contributed by atoms with Crippen LogP contribution in [0, 0.1) is 17.7 Å². The largest absolute Gasteiger partial charge is 0.216 e. The van der Waals surface area contributed by atoms with Crippen molar-refractivity contribution in [3.8, 4) is 0 Å². The highest BCUT2D eigenvalue weighted by Crippen LogP contribution is 2.44. The van der Waals surface area contributed by atoms with Gasteiger partial charge in [0.25, 0.3) is 0 Å². The van der Waals surface area contributed by atoms with Crippen molar-refractivity contribution < 1.29 is 12.8 Å². The molecule has 3 rings (SSSR count). The third-order valence-electron chi connectivity index (χ3n) is 4.34. The molecule has 0 aliphatic heterocycles. The van der Waals surface area contributed by atoms with Gasteiger partial charge >= 0.3 is 0 Å². The normalized spacial score (nSPS) is 29.8. The van der Waals surface area contributed by atoms with Crippen LogP contribution in [0.25, 0.3) is 0 Å². The molecule has 0 saturated heterocycles. The summed E-state index contributed by atoms with van der Waals surface area (Å²) in [6, 6.07) is 5.75. The van der Waals surface area contributed by atoms with Gasteiger partial charge in [0.15, 0.2) is 0 Å². The van der Waals surface area contributed by atoms with E-state index in [0.717, 1.165) is 12.8 Å². The maximum atomic E-state index is 12.8. The highest BCUT2D eigenvalue weighted by atomic mass is 32.2. The van der Waals surface area contributed by atoms with Crippen molar-refractivity contribution in [2.45, 2.75) is 37.5 Å². The van der Waals surface area contributed by atoms with E-state index in [0.29, 0.717) is 17.4 Å². The third kappa shape index (κ3) is 2.98. The minimum Gasteiger partial charge on any atom is -0.212 e. The molecule has 1 N–H and O–H groups in total. The molecule has 2 saturated carbocycles. The quantitative estimate of drug-likeness (QED) is 0.922. The van der Waals surface area contributed by atoms with Gasteiger partial charge in [-0.05, 0) is 48.8 Å². The molecular weight excluding hydrogens is 265 g/mol. The Kier molecular flexibility index (Phi) is 3.35. The zero-order valence-corrected chi connectivity index (χ0v) is 11.5. The maximum Gasteiger partial charge on any atom is 0.216 e. The molecule has 2 fully saturated rings. The summed E-state index contributed by atoms with van der Waals surface area (Å²) in [6.07, 6.45) is 4.55. The smallest absolute Gasteiger partial charge is 0.212 e. The predicted octanol–water partition coefficient (Wildman–Crippen LogP) is 2.43. The Labute approximate surface area is 113 Å². The Morgan fingerprint density at radius 3 is 2.47 bits per heavy atom. The summed E-state index contributed by atoms with van der Waals surface area (Å²) in [5, 5.41) is 0. The number of sulfonamides is 1. The summed E-state index contributed by atoms with van der Waals surface area (Å²) in [5.41, 5.74) is 0.622. The van der Waals surface area contributed by atoms with Gasteiger partial charge in [0.05, 0.1) is 5.75 Å². The van der Waals surface area contributed by atoms with Crippen LogP contribution < -0.4 is 4.72 Å². The lowest BCUT2D eigenvalue weighted by atomic mass is 9.96. The molecule has 0 heterocycles. The molecule has 0 aromatic heterocycles. The monoisotopic (exact) mass is 283 g/mol. The van der Waals surface area contributed by atoms with E-state index in [-0.39, 0.29) is 17.6 Å². The fourth-order valence-electron chi connectivity index (χ4n) is 3.46. The van der Waals surface area contributed by atoms with E-state index in [2.05, 4.69) is 4.72 Å². The van der Waals surface area contributed by atoms with Crippen LogP contribution >= 0.6 is 0 Å². The van der Waals surface area contributed by atoms with Gasteiger partial charge in [-0.15, -0.1) is 0 Å². The molecule has 3 nitrogen and oxygen atoms in total. The van der Waals surface area contributed by atoms with Crippen molar-refractivity contribution in [3.63, 3.8) is 0 Å². The van der Waals surface area contributed by atoms with Crippen molar-refractivity contribution in [1.82, 2.24) is 4.72 Å². The fraction of sp³-hybridized carbons (Fsp3) is 0.571. The lowest BCUT2D eigenvalue weighted by Crippen LogP contribution is -2.39. The number of benzene rings is 1. The SMILES string of the molecule is O=S(=O)(Cc1ccc(F)cc1)N[C@@H]1C[C@@H]2CC[C@@H]1C2. The second-order valence-corrected chi connectivity index (χ2v) is 7.54. The summed E-state index contributed by atoms with van der Waals surface area (Å²) >= 11 is 0. The Morgan fingerprint density at radius 2 is 1.89 bits per heavy atom. The first kappa shape index (κ1) is 13.1. The minimum atomic E-state index is -3.33. The van der Waals surface area contributed by atoms with E-state index >= 15 is 0 Å². The van der Waals surface area contributed by atoms with Gasteiger partial charge < -0.3 is 0 Å². The van der Waals surface area contributed by atoms with Gasteiger partial charge in [0.1, 0.15) is 5.82 Å². The maximum absolute atomic E-state index is 12.8. The molecular formula is C14H18FNO2S. The van der Waals surface area contributed by atoms with E-state index in [4.69, 9.17) is 0 Å². The Morgan fingerprint density at radius 1 is 1.16 bits per heavy atom. The molecule has 1 aromatic carbocycles. The van der Waals surface area contributed by atoms with Crippen molar-refractivity contribution in [3.05, 3.63) is 35.6 Å². The molecule has 0 unspecified atom stereocenters. The number of nitrogens with one attached hydrogen (secondary N) is 1. The van der Waals surface area contributed by atoms with Crippen LogP contribution in [-0.4, -0.2) is 14.5 Å². The molecule has 0 spiro atoms. The Balaban J connectivity index is 1.64. The summed E-state index contributed by atoms with van der Waals surface area (Å²) in [6.45, 7) is 0. The van der Waals surface area contributed by atoms with Crippen molar-refractivity contribution >= 4 is 10.0 Å². The van der Waals surface area contributed by atoms with E-state index < -0.39 is 10.0 Å². The van der Waals surface area contributed by atoms with Crippen LogP contribution in [0.1, 0.15) is 31.2 Å². The average Bonchev–Trinajstić information content (AvgIpc) is 2.93. The number of hydrogen-bond acceptors (Lipinski definition) is 2. The van der Waals surface area contributed by atoms with Crippen LogP contribution in [0.15, 0.2) is 24.3 Å². The summed E-state index contributed by atoms with van der Waals surface area (Å²) in [4.78, 5) is 0. The molecule has 19 heavy (non-hydrogen) atoms. The molecule has 104 valence electrons. The average molecular weight is 283 g/mol. The van der Waals surface area contributed by atoms with E-state index in [1.54, 1.807) is 0 Å². The molecule has 5 heteroatoms. The first-order valence-corrected chi connectivity index (χ1v) is 8.41. The van der Waals surface area contributed by atoms with Crippen LogP contribution in [0.4, 0.5) is 4.39 Å². The van der Waals surface area contributed by atoms with Crippen molar-refractivity contribution in [1.29, 1.82) is 0 Å². The first-order chi connectivity index (χ1) is 9.02. The molecule has 0 radical (unpaired) electrons. The van der Waals surface area contributed by atoms with Crippen LogP contribution in [0.2, 0.25) is 0 Å². The third-order valence-corrected chi connectivity index (χ3v) is 5.71. The molecule has 3 atom stereocenters. The Hall–Kier alpha value is -0.940. The van der Waals surface area contributed by atoms with E-state index in [1.807, 2.05) is 0 Å². The first-order valence-electron chi connectivity index (χ1n) is 6.76. The molecule has 2 aliphatic rings. The number of rotatable bonds is 4. The predicted molar refractivity (Wildman–Crippen MR) is 71.4 cm³/mol. The van der Waals surface area contributed by atoms with Crippen molar-refractivity contribution in [2.75, 3.05) is 0 Å². The van der Waals surface area contributed by atoms with Gasteiger partial charge in [-0.1, -0.05) is 18.6 Å². The molecule has 0 amide bonds. The van der Waals surface area contributed by atoms with Gasteiger partial charge in [0.2, 0.25) is 10.0 Å². The van der Waals surface area contributed by atoms with Crippen molar-refractivity contribution in [2.24, 2.45) is 11.8 Å². The van der Waals surface area contributed by atoms with Gasteiger partial charge in [0, 0.05) is 6.04 Å². The summed E-state index contributed by atoms with van der Waals surface area (Å²) in [5.74, 6) is 0.819. The summed E-state index contributed by atoms with van der Waals surface area (Å²) in [7, 11) is -3.33. The lowest BCUT2D eigenvalue weighted by Gasteiger charge is -2.22. The highest BCUT2D eigenvalue weighted by Gasteiger charge is 2.40. The van der Waals surface area contributed by atoms with E-state index in [9.17, 15) is 12.8 Å². The zero-order chi connectivity index (χ0) is 13.5. The lowest BCUT2D eigenvalue weighted by molar-refractivity contribution is 0.390. The topological polar surface area (TPSA) is 46.2 Å². The fourth-order valence-corrected chi connectivity index (χ4v) is 4.93.